The van der Waals surface area contributed by atoms with E-state index in [0.717, 1.165) is 35.0 Å². The Hall–Kier alpha value is -2.16. The van der Waals surface area contributed by atoms with Crippen LogP contribution in [0.5, 0.6) is 0 Å². The minimum Gasteiger partial charge on any atom is -0.369 e. The maximum absolute atomic E-state index is 11.8. The van der Waals surface area contributed by atoms with Crippen molar-refractivity contribution in [2.75, 3.05) is 18.4 Å². The lowest BCUT2D eigenvalue weighted by atomic mass is 10.1. The van der Waals surface area contributed by atoms with Gasteiger partial charge < -0.3 is 10.3 Å². The second-order valence-corrected chi connectivity index (χ2v) is 8.66. The third-order valence-electron chi connectivity index (χ3n) is 4.25. The second-order valence-electron chi connectivity index (χ2n) is 6.23. The van der Waals surface area contributed by atoms with E-state index in [1.165, 1.54) is 0 Å². The quantitative estimate of drug-likeness (QED) is 0.424. The van der Waals surface area contributed by atoms with Crippen molar-refractivity contribution in [3.63, 3.8) is 0 Å². The number of aromatic amines is 1. The molecule has 3 aromatic rings. The highest BCUT2D eigenvalue weighted by Gasteiger charge is 2.35. The molecule has 3 heterocycles. The first-order chi connectivity index (χ1) is 12.5. The van der Waals surface area contributed by atoms with Crippen LogP contribution >= 0.6 is 11.6 Å². The Morgan fingerprint density at radius 2 is 2.12 bits per heavy atom. The number of anilines is 1. The van der Waals surface area contributed by atoms with Crippen molar-refractivity contribution in [2.24, 2.45) is 0 Å². The van der Waals surface area contributed by atoms with Gasteiger partial charge in [0.25, 0.3) is 0 Å². The molecule has 1 aliphatic rings. The summed E-state index contributed by atoms with van der Waals surface area (Å²) in [6, 6.07) is 7.55. The molecule has 7 nitrogen and oxygen atoms in total. The molecule has 4 rings (SSSR count). The Kier molecular flexibility index (Phi) is 4.56. The molecular weight excluding hydrogens is 374 g/mol. The Morgan fingerprint density at radius 1 is 1.27 bits per heavy atom. The molecule has 0 radical (unpaired) electrons. The molecule has 0 amide bonds. The van der Waals surface area contributed by atoms with E-state index in [-0.39, 0.29) is 5.25 Å². The second kappa shape index (κ2) is 6.86. The maximum Gasteiger partial charge on any atom is 0.214 e. The Balaban J connectivity index is 1.48. The lowest BCUT2D eigenvalue weighted by Gasteiger charge is -2.09. The lowest BCUT2D eigenvalue weighted by Crippen LogP contribution is -2.31. The predicted molar refractivity (Wildman–Crippen MR) is 103 cm³/mol. The topological polar surface area (TPSA) is 99.8 Å². The number of hydrogen-bond donors (Lipinski definition) is 3. The predicted octanol–water partition coefficient (Wildman–Crippen LogP) is 2.77. The standard InChI is InChI=1S/C17H18ClN5O2S/c18-15-8-11(14-10-21-17-13(14)2-1-5-20-17)9-16(23-15)19-6-7-22-26(24,25)12-3-4-12/h1-2,5,8-10,12,22H,3-4,6-7H2,(H,19,23)(H,20,21). The Bertz CT molecular complexity index is 1050. The fourth-order valence-corrected chi connectivity index (χ4v) is 4.41. The monoisotopic (exact) mass is 391 g/mol. The van der Waals surface area contributed by atoms with Gasteiger partial charge in [0.05, 0.1) is 5.25 Å². The molecule has 1 fully saturated rings. The van der Waals surface area contributed by atoms with E-state index in [1.807, 2.05) is 24.4 Å². The van der Waals surface area contributed by atoms with Crippen molar-refractivity contribution in [1.82, 2.24) is 19.7 Å². The minimum absolute atomic E-state index is 0.214. The number of aromatic nitrogens is 3. The van der Waals surface area contributed by atoms with Gasteiger partial charge >= 0.3 is 0 Å². The van der Waals surface area contributed by atoms with Crippen molar-refractivity contribution in [2.45, 2.75) is 18.1 Å². The number of rotatable bonds is 7. The molecule has 9 heteroatoms. The van der Waals surface area contributed by atoms with Crippen LogP contribution in [-0.4, -0.2) is 41.7 Å². The van der Waals surface area contributed by atoms with E-state index in [2.05, 4.69) is 25.0 Å². The van der Waals surface area contributed by atoms with Crippen molar-refractivity contribution in [1.29, 1.82) is 0 Å². The summed E-state index contributed by atoms with van der Waals surface area (Å²) in [5.41, 5.74) is 2.69. The molecule has 3 aromatic heterocycles. The van der Waals surface area contributed by atoms with E-state index in [1.54, 1.807) is 12.3 Å². The third kappa shape index (κ3) is 3.67. The molecule has 0 saturated heterocycles. The van der Waals surface area contributed by atoms with Crippen LogP contribution < -0.4 is 10.0 Å². The van der Waals surface area contributed by atoms with Gasteiger partial charge in [-0.05, 0) is 42.7 Å². The number of sulfonamides is 1. The van der Waals surface area contributed by atoms with Gasteiger partial charge in [0.2, 0.25) is 10.0 Å². The number of nitrogens with one attached hydrogen (secondary N) is 3. The summed E-state index contributed by atoms with van der Waals surface area (Å²) in [6.45, 7) is 0.730. The molecule has 26 heavy (non-hydrogen) atoms. The molecular formula is C17H18ClN5O2S. The first-order valence-electron chi connectivity index (χ1n) is 8.35. The highest BCUT2D eigenvalue weighted by atomic mass is 35.5. The molecule has 0 spiro atoms. The van der Waals surface area contributed by atoms with Crippen LogP contribution in [0.1, 0.15) is 12.8 Å². The number of hydrogen-bond acceptors (Lipinski definition) is 5. The van der Waals surface area contributed by atoms with Crippen LogP contribution in [0.2, 0.25) is 5.15 Å². The van der Waals surface area contributed by atoms with Gasteiger partial charge in [-0.25, -0.2) is 23.1 Å². The van der Waals surface area contributed by atoms with E-state index < -0.39 is 10.0 Å². The molecule has 0 aromatic carbocycles. The average molecular weight is 392 g/mol. The smallest absolute Gasteiger partial charge is 0.214 e. The van der Waals surface area contributed by atoms with Crippen molar-refractivity contribution >= 4 is 38.5 Å². The van der Waals surface area contributed by atoms with Crippen molar-refractivity contribution in [3.05, 3.63) is 41.8 Å². The highest BCUT2D eigenvalue weighted by Crippen LogP contribution is 2.30. The van der Waals surface area contributed by atoms with Crippen molar-refractivity contribution in [3.8, 4) is 11.1 Å². The number of H-pyrrole nitrogens is 1. The number of fused-ring (bicyclic) bond motifs is 1. The number of nitrogens with zero attached hydrogens (tertiary/aromatic N) is 2. The summed E-state index contributed by atoms with van der Waals surface area (Å²) in [7, 11) is -3.17. The normalized spacial score (nSPS) is 14.7. The zero-order valence-electron chi connectivity index (χ0n) is 13.9. The fraction of sp³-hybridized carbons (Fsp3) is 0.294. The largest absolute Gasteiger partial charge is 0.369 e. The Morgan fingerprint density at radius 3 is 2.92 bits per heavy atom. The third-order valence-corrected chi connectivity index (χ3v) is 6.40. The molecule has 0 unspecified atom stereocenters. The molecule has 3 N–H and O–H groups in total. The molecule has 136 valence electrons. The maximum atomic E-state index is 11.8. The zero-order chi connectivity index (χ0) is 18.1. The molecule has 0 atom stereocenters. The van der Waals surface area contributed by atoms with E-state index in [4.69, 9.17) is 11.6 Å². The lowest BCUT2D eigenvalue weighted by molar-refractivity contribution is 0.581. The molecule has 0 aliphatic heterocycles. The zero-order valence-corrected chi connectivity index (χ0v) is 15.4. The van der Waals surface area contributed by atoms with Gasteiger partial charge in [-0.15, -0.1) is 0 Å². The van der Waals surface area contributed by atoms with Crippen LogP contribution in [-0.2, 0) is 10.0 Å². The van der Waals surface area contributed by atoms with E-state index >= 15 is 0 Å². The van der Waals surface area contributed by atoms with Crippen LogP contribution in [0.15, 0.2) is 36.7 Å². The summed E-state index contributed by atoms with van der Waals surface area (Å²) in [5, 5.41) is 4.27. The summed E-state index contributed by atoms with van der Waals surface area (Å²) in [4.78, 5) is 11.7. The average Bonchev–Trinajstić information content (AvgIpc) is 3.39. The van der Waals surface area contributed by atoms with Crippen molar-refractivity contribution < 1.29 is 8.42 Å². The van der Waals surface area contributed by atoms with Crippen LogP contribution in [0.4, 0.5) is 5.82 Å². The van der Waals surface area contributed by atoms with Gasteiger partial charge in [-0.2, -0.15) is 0 Å². The summed E-state index contributed by atoms with van der Waals surface area (Å²) >= 11 is 6.16. The van der Waals surface area contributed by atoms with E-state index in [0.29, 0.717) is 24.1 Å². The van der Waals surface area contributed by atoms with Gasteiger partial charge in [-0.1, -0.05) is 11.6 Å². The SMILES string of the molecule is O=S(=O)(NCCNc1cc(-c2c[nH]c3ncccc23)cc(Cl)n1)C1CC1. The summed E-state index contributed by atoms with van der Waals surface area (Å²) in [6.07, 6.45) is 5.12. The van der Waals surface area contributed by atoms with Crippen LogP contribution in [0, 0.1) is 0 Å². The van der Waals surface area contributed by atoms with E-state index in [9.17, 15) is 8.42 Å². The number of halogens is 1. The minimum atomic E-state index is -3.17. The molecule has 0 bridgehead atoms. The van der Waals surface area contributed by atoms with Crippen LogP contribution in [0.25, 0.3) is 22.2 Å². The first-order valence-corrected chi connectivity index (χ1v) is 10.3. The van der Waals surface area contributed by atoms with Gasteiger partial charge in [0.15, 0.2) is 0 Å². The van der Waals surface area contributed by atoms with Gasteiger partial charge in [-0.3, -0.25) is 0 Å². The fourth-order valence-electron chi connectivity index (χ4n) is 2.82. The molecule has 1 saturated carbocycles. The van der Waals surface area contributed by atoms with Gasteiger partial charge in [0, 0.05) is 36.4 Å². The summed E-state index contributed by atoms with van der Waals surface area (Å²) < 4.78 is 26.2. The first kappa shape index (κ1) is 17.3. The number of pyridine rings is 2. The van der Waals surface area contributed by atoms with Gasteiger partial charge in [0.1, 0.15) is 16.6 Å². The highest BCUT2D eigenvalue weighted by molar-refractivity contribution is 7.90. The summed E-state index contributed by atoms with van der Waals surface area (Å²) in [5.74, 6) is 0.594. The van der Waals surface area contributed by atoms with Crippen LogP contribution in [0.3, 0.4) is 0 Å². The molecule has 1 aliphatic carbocycles. The Labute approximate surface area is 156 Å².